The zero-order chi connectivity index (χ0) is 16.2. The highest BCUT2D eigenvalue weighted by molar-refractivity contribution is 5.47. The van der Waals surface area contributed by atoms with Crippen LogP contribution in [0.4, 0.5) is 13.2 Å². The fourth-order valence-electron chi connectivity index (χ4n) is 1.62. The van der Waals surface area contributed by atoms with Crippen LogP contribution in [0.15, 0.2) is 36.7 Å². The van der Waals surface area contributed by atoms with E-state index < -0.39 is 12.1 Å². The van der Waals surface area contributed by atoms with E-state index in [0.29, 0.717) is 11.5 Å². The molecule has 1 heterocycles. The SMILES string of the molecule is COc1cncc(Oc2ccc(OC(F)(F)F)cc2OC)c1. The van der Waals surface area contributed by atoms with Crippen molar-refractivity contribution in [3.8, 4) is 28.7 Å². The van der Waals surface area contributed by atoms with Crippen molar-refractivity contribution in [2.75, 3.05) is 14.2 Å². The van der Waals surface area contributed by atoms with E-state index >= 15 is 0 Å². The Bertz CT molecular complexity index is 646. The Balaban J connectivity index is 2.23. The quantitative estimate of drug-likeness (QED) is 0.840. The summed E-state index contributed by atoms with van der Waals surface area (Å²) >= 11 is 0. The highest BCUT2D eigenvalue weighted by atomic mass is 19.4. The van der Waals surface area contributed by atoms with Crippen molar-refractivity contribution in [2.24, 2.45) is 0 Å². The molecule has 0 amide bonds. The number of nitrogens with zero attached hydrogens (tertiary/aromatic N) is 1. The van der Waals surface area contributed by atoms with E-state index in [2.05, 4.69) is 9.72 Å². The van der Waals surface area contributed by atoms with Gasteiger partial charge in [-0.1, -0.05) is 0 Å². The standard InChI is InChI=1S/C14H12F3NO4/c1-19-10-5-11(8-18-7-10)21-12-4-3-9(6-13(12)20-2)22-14(15,16)17/h3-8H,1-2H3. The molecule has 0 atom stereocenters. The van der Waals surface area contributed by atoms with Crippen molar-refractivity contribution in [3.63, 3.8) is 0 Å². The predicted molar refractivity (Wildman–Crippen MR) is 70.5 cm³/mol. The molecule has 0 aliphatic heterocycles. The first-order valence-electron chi connectivity index (χ1n) is 6.02. The largest absolute Gasteiger partial charge is 0.573 e. The predicted octanol–water partition coefficient (Wildman–Crippen LogP) is 3.79. The lowest BCUT2D eigenvalue weighted by Crippen LogP contribution is -2.17. The minimum Gasteiger partial charge on any atom is -0.495 e. The Hall–Kier alpha value is -2.64. The molecular weight excluding hydrogens is 303 g/mol. The summed E-state index contributed by atoms with van der Waals surface area (Å²) < 4.78 is 55.9. The topological polar surface area (TPSA) is 49.8 Å². The number of hydrogen-bond acceptors (Lipinski definition) is 5. The van der Waals surface area contributed by atoms with E-state index in [4.69, 9.17) is 14.2 Å². The van der Waals surface area contributed by atoms with Crippen LogP contribution in [0.5, 0.6) is 28.7 Å². The van der Waals surface area contributed by atoms with Gasteiger partial charge >= 0.3 is 6.36 Å². The normalized spacial score (nSPS) is 11.0. The third-order valence-electron chi connectivity index (χ3n) is 2.52. The summed E-state index contributed by atoms with van der Waals surface area (Å²) in [5.74, 6) is 0.729. The summed E-state index contributed by atoms with van der Waals surface area (Å²) in [6.45, 7) is 0. The van der Waals surface area contributed by atoms with Crippen LogP contribution < -0.4 is 18.9 Å². The van der Waals surface area contributed by atoms with Crippen LogP contribution in [0, 0.1) is 0 Å². The fourth-order valence-corrected chi connectivity index (χ4v) is 1.62. The van der Waals surface area contributed by atoms with Gasteiger partial charge in [0.15, 0.2) is 11.5 Å². The Morgan fingerprint density at radius 3 is 2.23 bits per heavy atom. The molecule has 118 valence electrons. The van der Waals surface area contributed by atoms with Gasteiger partial charge in [-0.3, -0.25) is 4.98 Å². The average molecular weight is 315 g/mol. The summed E-state index contributed by atoms with van der Waals surface area (Å²) in [7, 11) is 2.79. The van der Waals surface area contributed by atoms with Gasteiger partial charge in [0.1, 0.15) is 17.2 Å². The molecule has 0 aliphatic carbocycles. The Labute approximate surface area is 124 Å². The maximum atomic E-state index is 12.2. The number of ether oxygens (including phenoxy) is 4. The highest BCUT2D eigenvalue weighted by Gasteiger charge is 2.31. The molecule has 0 saturated carbocycles. The van der Waals surface area contributed by atoms with Crippen molar-refractivity contribution in [1.82, 2.24) is 4.98 Å². The summed E-state index contributed by atoms with van der Waals surface area (Å²) in [5, 5.41) is 0. The van der Waals surface area contributed by atoms with Crippen LogP contribution >= 0.6 is 0 Å². The number of pyridine rings is 1. The first-order valence-corrected chi connectivity index (χ1v) is 6.02. The summed E-state index contributed by atoms with van der Waals surface area (Å²) in [6.07, 6.45) is -1.85. The molecule has 0 radical (unpaired) electrons. The number of hydrogen-bond donors (Lipinski definition) is 0. The minimum atomic E-state index is -4.77. The first-order chi connectivity index (χ1) is 10.4. The number of halogens is 3. The summed E-state index contributed by atoms with van der Waals surface area (Å²) in [4.78, 5) is 3.91. The van der Waals surface area contributed by atoms with E-state index in [1.54, 1.807) is 6.07 Å². The molecule has 0 spiro atoms. The second-order valence-corrected chi connectivity index (χ2v) is 4.02. The first kappa shape index (κ1) is 15.7. The molecule has 0 unspecified atom stereocenters. The average Bonchev–Trinajstić information content (AvgIpc) is 2.47. The highest BCUT2D eigenvalue weighted by Crippen LogP contribution is 2.36. The van der Waals surface area contributed by atoms with Crippen LogP contribution in [0.2, 0.25) is 0 Å². The van der Waals surface area contributed by atoms with E-state index in [1.807, 2.05) is 0 Å². The third kappa shape index (κ3) is 4.18. The van der Waals surface area contributed by atoms with E-state index in [9.17, 15) is 13.2 Å². The Morgan fingerprint density at radius 1 is 0.864 bits per heavy atom. The zero-order valence-corrected chi connectivity index (χ0v) is 11.7. The van der Waals surface area contributed by atoms with Crippen LogP contribution in [-0.2, 0) is 0 Å². The van der Waals surface area contributed by atoms with Crippen molar-refractivity contribution in [1.29, 1.82) is 0 Å². The second-order valence-electron chi connectivity index (χ2n) is 4.02. The van der Waals surface area contributed by atoms with Crippen molar-refractivity contribution < 1.29 is 32.1 Å². The van der Waals surface area contributed by atoms with Crippen LogP contribution in [0.1, 0.15) is 0 Å². The van der Waals surface area contributed by atoms with Crippen LogP contribution in [0.3, 0.4) is 0 Å². The minimum absolute atomic E-state index is 0.0876. The molecule has 0 fully saturated rings. The molecular formula is C14H12F3NO4. The Morgan fingerprint density at radius 2 is 1.59 bits per heavy atom. The van der Waals surface area contributed by atoms with Gasteiger partial charge in [-0.15, -0.1) is 13.2 Å². The summed E-state index contributed by atoms with van der Waals surface area (Å²) in [6, 6.07) is 5.08. The lowest BCUT2D eigenvalue weighted by Gasteiger charge is -2.13. The fraction of sp³-hybridized carbons (Fsp3) is 0.214. The number of aromatic nitrogens is 1. The lowest BCUT2D eigenvalue weighted by atomic mass is 10.3. The number of benzene rings is 1. The molecule has 2 aromatic rings. The Kier molecular flexibility index (Phi) is 4.59. The van der Waals surface area contributed by atoms with E-state index in [-0.39, 0.29) is 11.5 Å². The maximum absolute atomic E-state index is 12.2. The number of rotatable bonds is 5. The van der Waals surface area contributed by atoms with Gasteiger partial charge in [0.05, 0.1) is 26.6 Å². The van der Waals surface area contributed by atoms with E-state index in [1.165, 1.54) is 32.7 Å². The molecule has 8 heteroatoms. The van der Waals surface area contributed by atoms with E-state index in [0.717, 1.165) is 12.1 Å². The lowest BCUT2D eigenvalue weighted by molar-refractivity contribution is -0.274. The van der Waals surface area contributed by atoms with Crippen LogP contribution in [0.25, 0.3) is 0 Å². The smallest absolute Gasteiger partial charge is 0.495 e. The van der Waals surface area contributed by atoms with Gasteiger partial charge < -0.3 is 18.9 Å². The monoisotopic (exact) mass is 315 g/mol. The molecule has 1 aromatic heterocycles. The maximum Gasteiger partial charge on any atom is 0.573 e. The van der Waals surface area contributed by atoms with Gasteiger partial charge in [-0.2, -0.15) is 0 Å². The van der Waals surface area contributed by atoms with Gasteiger partial charge in [0, 0.05) is 12.1 Å². The van der Waals surface area contributed by atoms with Crippen molar-refractivity contribution in [2.45, 2.75) is 6.36 Å². The van der Waals surface area contributed by atoms with Crippen LogP contribution in [-0.4, -0.2) is 25.6 Å². The molecule has 5 nitrogen and oxygen atoms in total. The number of methoxy groups -OCH3 is 2. The number of alkyl halides is 3. The second kappa shape index (κ2) is 6.42. The molecule has 22 heavy (non-hydrogen) atoms. The molecule has 2 rings (SSSR count). The molecule has 0 saturated heterocycles. The van der Waals surface area contributed by atoms with Gasteiger partial charge in [0.2, 0.25) is 0 Å². The summed E-state index contributed by atoms with van der Waals surface area (Å²) in [5.41, 5.74) is 0. The van der Waals surface area contributed by atoms with Gasteiger partial charge in [-0.25, -0.2) is 0 Å². The third-order valence-corrected chi connectivity index (χ3v) is 2.52. The molecule has 0 bridgehead atoms. The van der Waals surface area contributed by atoms with Gasteiger partial charge in [-0.05, 0) is 12.1 Å². The molecule has 0 aliphatic rings. The zero-order valence-electron chi connectivity index (χ0n) is 11.7. The van der Waals surface area contributed by atoms with Gasteiger partial charge in [0.25, 0.3) is 0 Å². The molecule has 1 aromatic carbocycles. The van der Waals surface area contributed by atoms with Crippen molar-refractivity contribution in [3.05, 3.63) is 36.7 Å². The molecule has 0 N–H and O–H groups in total. The van der Waals surface area contributed by atoms with Crippen molar-refractivity contribution >= 4 is 0 Å².